The number of hydrogen-bond donors (Lipinski definition) is 1. The molecule has 1 spiro atoms. The molecule has 1 aliphatic heterocycles. The quantitative estimate of drug-likeness (QED) is 0.667. The van der Waals surface area contributed by atoms with Crippen LogP contribution in [0.2, 0.25) is 0 Å². The van der Waals surface area contributed by atoms with Crippen molar-refractivity contribution in [3.63, 3.8) is 0 Å². The first-order valence-electron chi connectivity index (χ1n) is 5.18. The molecule has 1 N–H and O–H groups in total. The molecule has 1 aliphatic carbocycles. The summed E-state index contributed by atoms with van der Waals surface area (Å²) >= 11 is 1.96. The van der Waals surface area contributed by atoms with Gasteiger partial charge in [-0.2, -0.15) is 0 Å². The molecule has 70 valence electrons. The summed E-state index contributed by atoms with van der Waals surface area (Å²) < 4.78 is 0. The van der Waals surface area contributed by atoms with E-state index in [1.54, 1.807) is 10.4 Å². The minimum Gasteiger partial charge on any atom is -0.316 e. The summed E-state index contributed by atoms with van der Waals surface area (Å²) in [7, 11) is 0. The third-order valence-corrected chi connectivity index (χ3v) is 4.60. The molecule has 0 amide bonds. The van der Waals surface area contributed by atoms with Crippen LogP contribution in [0.25, 0.3) is 0 Å². The van der Waals surface area contributed by atoms with Crippen LogP contribution in [0, 0.1) is 0 Å². The number of nitrogens with one attached hydrogen (secondary N) is 1. The first-order chi connectivity index (χ1) is 6.41. The van der Waals surface area contributed by atoms with E-state index in [1.807, 2.05) is 11.3 Å². The zero-order chi connectivity index (χ0) is 8.73. The molecule has 1 atom stereocenters. The lowest BCUT2D eigenvalue weighted by Crippen LogP contribution is -2.32. The van der Waals surface area contributed by atoms with E-state index in [9.17, 15) is 0 Å². The second-order valence-corrected chi connectivity index (χ2v) is 5.32. The number of hydrogen-bond acceptors (Lipinski definition) is 2. The van der Waals surface area contributed by atoms with E-state index in [4.69, 9.17) is 0 Å². The predicted molar refractivity (Wildman–Crippen MR) is 56.4 cm³/mol. The Kier molecular flexibility index (Phi) is 1.74. The summed E-state index contributed by atoms with van der Waals surface area (Å²) in [4.78, 5) is 1.66. The molecule has 0 radical (unpaired) electrons. The van der Waals surface area contributed by atoms with Gasteiger partial charge in [0.1, 0.15) is 0 Å². The maximum Gasteiger partial charge on any atom is 0.0101 e. The van der Waals surface area contributed by atoms with E-state index in [0.29, 0.717) is 5.41 Å². The van der Waals surface area contributed by atoms with Crippen LogP contribution < -0.4 is 5.32 Å². The molecule has 1 fully saturated rings. The first kappa shape index (κ1) is 8.01. The van der Waals surface area contributed by atoms with Crippen molar-refractivity contribution < 1.29 is 0 Å². The van der Waals surface area contributed by atoms with Gasteiger partial charge in [-0.3, -0.25) is 0 Å². The van der Waals surface area contributed by atoms with Gasteiger partial charge in [-0.15, -0.1) is 11.3 Å². The third kappa shape index (κ3) is 1.09. The fraction of sp³-hybridized carbons (Fsp3) is 0.636. The van der Waals surface area contributed by atoms with Gasteiger partial charge >= 0.3 is 0 Å². The molecule has 0 bridgehead atoms. The molecule has 0 aromatic carbocycles. The average molecular weight is 193 g/mol. The zero-order valence-corrected chi connectivity index (χ0v) is 8.62. The molecule has 1 unspecified atom stereocenters. The van der Waals surface area contributed by atoms with Crippen LogP contribution in [0.1, 0.15) is 29.7 Å². The number of fused-ring (bicyclic) bond motifs is 2. The molecule has 2 heteroatoms. The number of aryl methyl sites for hydroxylation is 1. The average Bonchev–Trinajstić information content (AvgIpc) is 2.74. The first-order valence-corrected chi connectivity index (χ1v) is 6.06. The molecular formula is C11H15NS. The molecule has 1 nitrogen and oxygen atoms in total. The van der Waals surface area contributed by atoms with Crippen molar-refractivity contribution >= 4 is 11.3 Å². The van der Waals surface area contributed by atoms with Crippen LogP contribution in [-0.4, -0.2) is 13.1 Å². The standard InChI is InChI=1S/C11H15NS/c1-2-10-9(3-7-13-10)11(4-1)5-6-12-8-11/h3,7,12H,1-2,4-6,8H2. The molecular weight excluding hydrogens is 178 g/mol. The maximum absolute atomic E-state index is 3.52. The highest BCUT2D eigenvalue weighted by molar-refractivity contribution is 7.10. The summed E-state index contributed by atoms with van der Waals surface area (Å²) in [5.74, 6) is 0. The molecule has 1 aromatic rings. The topological polar surface area (TPSA) is 12.0 Å². The van der Waals surface area contributed by atoms with Crippen LogP contribution in [0.3, 0.4) is 0 Å². The molecule has 0 saturated carbocycles. The lowest BCUT2D eigenvalue weighted by molar-refractivity contribution is 0.397. The van der Waals surface area contributed by atoms with E-state index in [0.717, 1.165) is 0 Å². The van der Waals surface area contributed by atoms with Crippen molar-refractivity contribution in [3.8, 4) is 0 Å². The second kappa shape index (κ2) is 2.82. The van der Waals surface area contributed by atoms with E-state index < -0.39 is 0 Å². The Morgan fingerprint density at radius 3 is 3.23 bits per heavy atom. The minimum atomic E-state index is 0.535. The Morgan fingerprint density at radius 1 is 1.38 bits per heavy atom. The van der Waals surface area contributed by atoms with Crippen LogP contribution in [-0.2, 0) is 11.8 Å². The molecule has 3 rings (SSSR count). The largest absolute Gasteiger partial charge is 0.316 e. The van der Waals surface area contributed by atoms with Crippen molar-refractivity contribution in [2.24, 2.45) is 0 Å². The zero-order valence-electron chi connectivity index (χ0n) is 7.81. The molecule has 1 aromatic heterocycles. The van der Waals surface area contributed by atoms with Crippen molar-refractivity contribution in [2.75, 3.05) is 13.1 Å². The van der Waals surface area contributed by atoms with Crippen molar-refractivity contribution in [1.82, 2.24) is 5.32 Å². The molecule has 2 heterocycles. The normalized spacial score (nSPS) is 32.3. The highest BCUT2D eigenvalue weighted by atomic mass is 32.1. The number of rotatable bonds is 0. The Morgan fingerprint density at radius 2 is 2.38 bits per heavy atom. The smallest absolute Gasteiger partial charge is 0.0101 e. The van der Waals surface area contributed by atoms with Gasteiger partial charge < -0.3 is 5.32 Å². The van der Waals surface area contributed by atoms with E-state index in [-0.39, 0.29) is 0 Å². The van der Waals surface area contributed by atoms with Crippen LogP contribution in [0.4, 0.5) is 0 Å². The molecule has 13 heavy (non-hydrogen) atoms. The Labute approximate surface area is 83.2 Å². The third-order valence-electron chi connectivity index (χ3n) is 3.62. The van der Waals surface area contributed by atoms with E-state index in [1.165, 1.54) is 38.8 Å². The summed E-state index contributed by atoms with van der Waals surface area (Å²) in [5, 5.41) is 5.79. The van der Waals surface area contributed by atoms with Gasteiger partial charge in [0.2, 0.25) is 0 Å². The van der Waals surface area contributed by atoms with Crippen LogP contribution >= 0.6 is 11.3 Å². The highest BCUT2D eigenvalue weighted by Crippen LogP contribution is 2.43. The monoisotopic (exact) mass is 193 g/mol. The summed E-state index contributed by atoms with van der Waals surface area (Å²) in [6.45, 7) is 2.44. The van der Waals surface area contributed by atoms with Gasteiger partial charge in [-0.05, 0) is 49.2 Å². The van der Waals surface area contributed by atoms with E-state index >= 15 is 0 Å². The van der Waals surface area contributed by atoms with Crippen LogP contribution in [0.5, 0.6) is 0 Å². The molecule has 1 saturated heterocycles. The lowest BCUT2D eigenvalue weighted by atomic mass is 9.72. The van der Waals surface area contributed by atoms with Crippen LogP contribution in [0.15, 0.2) is 11.4 Å². The van der Waals surface area contributed by atoms with Gasteiger partial charge in [0.05, 0.1) is 0 Å². The van der Waals surface area contributed by atoms with Crippen molar-refractivity contribution in [2.45, 2.75) is 31.1 Å². The fourth-order valence-corrected chi connectivity index (χ4v) is 3.96. The maximum atomic E-state index is 3.52. The SMILES string of the molecule is c1cc2c(s1)CCCC21CCNC1. The fourth-order valence-electron chi connectivity index (χ4n) is 2.92. The predicted octanol–water partition coefficient (Wildman–Crippen LogP) is 2.32. The van der Waals surface area contributed by atoms with E-state index in [2.05, 4.69) is 16.8 Å². The van der Waals surface area contributed by atoms with Gasteiger partial charge in [-0.25, -0.2) is 0 Å². The second-order valence-electron chi connectivity index (χ2n) is 4.32. The van der Waals surface area contributed by atoms with Gasteiger partial charge in [0, 0.05) is 16.8 Å². The molecule has 2 aliphatic rings. The minimum absolute atomic E-state index is 0.535. The Hall–Kier alpha value is -0.340. The summed E-state index contributed by atoms with van der Waals surface area (Å²) in [5.41, 5.74) is 2.21. The lowest BCUT2D eigenvalue weighted by Gasteiger charge is -2.32. The van der Waals surface area contributed by atoms with Crippen molar-refractivity contribution in [3.05, 3.63) is 21.9 Å². The number of thiophene rings is 1. The highest BCUT2D eigenvalue weighted by Gasteiger charge is 2.39. The van der Waals surface area contributed by atoms with Crippen molar-refractivity contribution in [1.29, 1.82) is 0 Å². The summed E-state index contributed by atoms with van der Waals surface area (Å²) in [6.07, 6.45) is 5.49. The van der Waals surface area contributed by atoms with Gasteiger partial charge in [0.25, 0.3) is 0 Å². The van der Waals surface area contributed by atoms with Gasteiger partial charge in [-0.1, -0.05) is 0 Å². The Balaban J connectivity index is 2.08. The summed E-state index contributed by atoms with van der Waals surface area (Å²) in [6, 6.07) is 2.37. The Bertz CT molecular complexity index is 310. The van der Waals surface area contributed by atoms with Gasteiger partial charge in [0.15, 0.2) is 0 Å².